The quantitative estimate of drug-likeness (QED) is 0.491. The standard InChI is InChI=1S/C7H10Se/c1-6-4-3-5-8-7(6)2/h3-5,7H,1-2H3. The first-order chi connectivity index (χ1) is 3.80. The minimum atomic E-state index is 0.735. The summed E-state index contributed by atoms with van der Waals surface area (Å²) in [7, 11) is 0. The normalized spacial score (nSPS) is 27.8. The van der Waals surface area contributed by atoms with E-state index in [-0.39, 0.29) is 0 Å². The fourth-order valence-corrected chi connectivity index (χ4v) is 2.06. The van der Waals surface area contributed by atoms with E-state index >= 15 is 0 Å². The van der Waals surface area contributed by atoms with Gasteiger partial charge in [0.2, 0.25) is 0 Å². The van der Waals surface area contributed by atoms with Crippen LogP contribution in [-0.2, 0) is 0 Å². The molecule has 0 saturated heterocycles. The summed E-state index contributed by atoms with van der Waals surface area (Å²) in [6.07, 6.45) is 4.37. The Kier molecular flexibility index (Phi) is 1.93. The van der Waals surface area contributed by atoms with E-state index in [0.29, 0.717) is 0 Å². The summed E-state index contributed by atoms with van der Waals surface area (Å²) in [6.45, 7) is 4.49. The van der Waals surface area contributed by atoms with Gasteiger partial charge >= 0.3 is 56.3 Å². The summed E-state index contributed by atoms with van der Waals surface area (Å²) in [5.41, 5.74) is 1.53. The van der Waals surface area contributed by atoms with Crippen LogP contribution in [0.3, 0.4) is 0 Å². The Bertz CT molecular complexity index is 133. The van der Waals surface area contributed by atoms with Crippen LogP contribution in [0.2, 0.25) is 4.82 Å². The molecule has 0 bridgehead atoms. The molecule has 0 aliphatic carbocycles. The van der Waals surface area contributed by atoms with Gasteiger partial charge in [-0.2, -0.15) is 0 Å². The van der Waals surface area contributed by atoms with Crippen molar-refractivity contribution in [3.8, 4) is 0 Å². The molecule has 0 aromatic rings. The molecule has 0 radical (unpaired) electrons. The van der Waals surface area contributed by atoms with Crippen LogP contribution in [0, 0.1) is 0 Å². The van der Waals surface area contributed by atoms with Crippen LogP contribution < -0.4 is 0 Å². The van der Waals surface area contributed by atoms with Crippen molar-refractivity contribution in [2.75, 3.05) is 0 Å². The van der Waals surface area contributed by atoms with Crippen LogP contribution in [0.15, 0.2) is 22.7 Å². The van der Waals surface area contributed by atoms with Crippen molar-refractivity contribution in [3.05, 3.63) is 22.7 Å². The van der Waals surface area contributed by atoms with E-state index < -0.39 is 0 Å². The van der Waals surface area contributed by atoms with Gasteiger partial charge in [0.15, 0.2) is 0 Å². The van der Waals surface area contributed by atoms with E-state index in [4.69, 9.17) is 0 Å². The molecule has 1 rings (SSSR count). The molecular weight excluding hydrogens is 163 g/mol. The van der Waals surface area contributed by atoms with Crippen LogP contribution in [0.25, 0.3) is 0 Å². The van der Waals surface area contributed by atoms with Crippen LogP contribution in [-0.4, -0.2) is 15.0 Å². The third kappa shape index (κ3) is 1.24. The first-order valence-corrected chi connectivity index (χ1v) is 4.77. The van der Waals surface area contributed by atoms with E-state index in [9.17, 15) is 0 Å². The monoisotopic (exact) mass is 174 g/mol. The van der Waals surface area contributed by atoms with Crippen molar-refractivity contribution in [1.82, 2.24) is 0 Å². The first-order valence-electron chi connectivity index (χ1n) is 2.79. The zero-order chi connectivity index (χ0) is 5.98. The second-order valence-corrected chi connectivity index (χ2v) is 4.64. The van der Waals surface area contributed by atoms with Gasteiger partial charge in [0.1, 0.15) is 0 Å². The van der Waals surface area contributed by atoms with Gasteiger partial charge in [-0.05, 0) is 0 Å². The van der Waals surface area contributed by atoms with E-state index in [0.717, 1.165) is 19.8 Å². The summed E-state index contributed by atoms with van der Waals surface area (Å²) in [6, 6.07) is 0. The molecule has 1 unspecified atom stereocenters. The molecule has 44 valence electrons. The third-order valence-corrected chi connectivity index (χ3v) is 3.66. The van der Waals surface area contributed by atoms with Crippen molar-refractivity contribution >= 4 is 15.0 Å². The molecule has 1 atom stereocenters. The van der Waals surface area contributed by atoms with Crippen molar-refractivity contribution in [2.24, 2.45) is 0 Å². The number of rotatable bonds is 0. The summed E-state index contributed by atoms with van der Waals surface area (Å²) >= 11 is 0.735. The summed E-state index contributed by atoms with van der Waals surface area (Å²) in [4.78, 5) is 3.12. The van der Waals surface area contributed by atoms with E-state index in [1.165, 1.54) is 5.57 Å². The van der Waals surface area contributed by atoms with Gasteiger partial charge < -0.3 is 0 Å². The average molecular weight is 173 g/mol. The molecule has 0 amide bonds. The van der Waals surface area contributed by atoms with Crippen LogP contribution in [0.5, 0.6) is 0 Å². The molecule has 0 aromatic heterocycles. The molecule has 0 N–H and O–H groups in total. The topological polar surface area (TPSA) is 0 Å². The molecule has 0 saturated carbocycles. The van der Waals surface area contributed by atoms with Gasteiger partial charge in [-0.1, -0.05) is 0 Å². The Morgan fingerprint density at radius 2 is 2.38 bits per heavy atom. The molecule has 1 heteroatoms. The molecular formula is C7H10Se. The number of allylic oxidation sites excluding steroid dienone is 3. The summed E-state index contributed by atoms with van der Waals surface area (Å²) in [5.74, 6) is 0. The average Bonchev–Trinajstić information content (AvgIpc) is 1.77. The van der Waals surface area contributed by atoms with Crippen molar-refractivity contribution < 1.29 is 0 Å². The van der Waals surface area contributed by atoms with Gasteiger partial charge in [-0.15, -0.1) is 0 Å². The molecule has 0 aromatic carbocycles. The zero-order valence-corrected chi connectivity index (χ0v) is 6.93. The molecule has 1 heterocycles. The fourth-order valence-electron chi connectivity index (χ4n) is 0.597. The molecule has 8 heavy (non-hydrogen) atoms. The zero-order valence-electron chi connectivity index (χ0n) is 5.22. The van der Waals surface area contributed by atoms with E-state index in [1.807, 2.05) is 0 Å². The van der Waals surface area contributed by atoms with Crippen LogP contribution >= 0.6 is 0 Å². The van der Waals surface area contributed by atoms with E-state index in [2.05, 4.69) is 31.0 Å². The number of hydrogen-bond acceptors (Lipinski definition) is 0. The van der Waals surface area contributed by atoms with Crippen molar-refractivity contribution in [2.45, 2.75) is 18.7 Å². The number of hydrogen-bond donors (Lipinski definition) is 0. The van der Waals surface area contributed by atoms with Gasteiger partial charge in [0, 0.05) is 0 Å². The minimum absolute atomic E-state index is 0.735. The first kappa shape index (κ1) is 6.12. The van der Waals surface area contributed by atoms with Crippen molar-refractivity contribution in [1.29, 1.82) is 0 Å². The van der Waals surface area contributed by atoms with Gasteiger partial charge in [0.25, 0.3) is 0 Å². The predicted molar refractivity (Wildman–Crippen MR) is 38.1 cm³/mol. The molecule has 0 nitrogen and oxygen atoms in total. The third-order valence-electron chi connectivity index (χ3n) is 1.36. The van der Waals surface area contributed by atoms with Crippen molar-refractivity contribution in [3.63, 3.8) is 0 Å². The Balaban J connectivity index is 2.66. The van der Waals surface area contributed by atoms with Gasteiger partial charge in [-0.25, -0.2) is 0 Å². The fraction of sp³-hybridized carbons (Fsp3) is 0.429. The Morgan fingerprint density at radius 1 is 1.62 bits per heavy atom. The second kappa shape index (κ2) is 2.52. The second-order valence-electron chi connectivity index (χ2n) is 2.02. The summed E-state index contributed by atoms with van der Waals surface area (Å²) in [5, 5.41) is 0. The molecule has 0 fully saturated rings. The SMILES string of the molecule is CC1=CC=C[Se]C1C. The van der Waals surface area contributed by atoms with Gasteiger partial charge in [-0.3, -0.25) is 0 Å². The van der Waals surface area contributed by atoms with Crippen LogP contribution in [0.4, 0.5) is 0 Å². The van der Waals surface area contributed by atoms with Crippen LogP contribution in [0.1, 0.15) is 13.8 Å². The predicted octanol–water partition coefficient (Wildman–Crippen LogP) is 1.97. The van der Waals surface area contributed by atoms with Gasteiger partial charge in [0.05, 0.1) is 0 Å². The Labute approximate surface area is 56.8 Å². The summed E-state index contributed by atoms with van der Waals surface area (Å²) < 4.78 is 0. The molecule has 1 aliphatic rings. The Morgan fingerprint density at radius 3 is 2.75 bits per heavy atom. The van der Waals surface area contributed by atoms with E-state index in [1.54, 1.807) is 0 Å². The molecule has 0 spiro atoms. The molecule has 1 aliphatic heterocycles. The Hall–Kier alpha value is -0.000519. The maximum atomic E-state index is 2.29. The maximum absolute atomic E-state index is 2.29.